The van der Waals surface area contributed by atoms with Crippen LogP contribution in [-0.4, -0.2) is 73.0 Å². The lowest BCUT2D eigenvalue weighted by atomic mass is 10.1. The van der Waals surface area contributed by atoms with Crippen molar-refractivity contribution in [3.8, 4) is 0 Å². The van der Waals surface area contributed by atoms with Crippen molar-refractivity contribution in [1.29, 1.82) is 0 Å². The van der Waals surface area contributed by atoms with Gasteiger partial charge in [0.1, 0.15) is 0 Å². The van der Waals surface area contributed by atoms with Gasteiger partial charge in [-0.1, -0.05) is 42.5 Å². The summed E-state index contributed by atoms with van der Waals surface area (Å²) in [6.45, 7) is 7.61. The molecule has 0 radical (unpaired) electrons. The van der Waals surface area contributed by atoms with Crippen molar-refractivity contribution in [2.24, 2.45) is 0 Å². The number of nitrogens with zero attached hydrogens (tertiary/aromatic N) is 3. The van der Waals surface area contributed by atoms with Gasteiger partial charge in [0.2, 0.25) is 5.91 Å². The topological polar surface area (TPSA) is 26.8 Å². The second-order valence-corrected chi connectivity index (χ2v) is 6.83. The third-order valence-electron chi connectivity index (χ3n) is 5.01. The summed E-state index contributed by atoms with van der Waals surface area (Å²) in [6.07, 6.45) is 8.05. The van der Waals surface area contributed by atoms with E-state index in [4.69, 9.17) is 0 Å². The fraction of sp³-hybridized carbons (Fsp3) is 0.550. The van der Waals surface area contributed by atoms with Crippen molar-refractivity contribution < 1.29 is 4.79 Å². The van der Waals surface area contributed by atoms with Crippen LogP contribution in [0.1, 0.15) is 24.8 Å². The molecule has 24 heavy (non-hydrogen) atoms. The van der Waals surface area contributed by atoms with E-state index in [9.17, 15) is 4.79 Å². The lowest BCUT2D eigenvalue weighted by molar-refractivity contribution is -0.133. The fourth-order valence-electron chi connectivity index (χ4n) is 3.47. The highest BCUT2D eigenvalue weighted by Gasteiger charge is 2.22. The van der Waals surface area contributed by atoms with Crippen LogP contribution >= 0.6 is 0 Å². The average molecular weight is 327 g/mol. The Morgan fingerprint density at radius 3 is 2.25 bits per heavy atom. The van der Waals surface area contributed by atoms with E-state index in [-0.39, 0.29) is 0 Å². The minimum absolute atomic E-state index is 0.326. The number of carbonyl (C=O) groups excluding carboxylic acids is 1. The highest BCUT2D eigenvalue weighted by Crippen LogP contribution is 2.10. The number of rotatable bonds is 5. The van der Waals surface area contributed by atoms with E-state index in [1.165, 1.54) is 24.8 Å². The molecule has 1 amide bonds. The zero-order valence-electron chi connectivity index (χ0n) is 14.6. The third kappa shape index (κ3) is 5.18. The molecule has 1 aromatic carbocycles. The summed E-state index contributed by atoms with van der Waals surface area (Å²) in [4.78, 5) is 19.2. The summed E-state index contributed by atoms with van der Waals surface area (Å²) < 4.78 is 0. The van der Waals surface area contributed by atoms with Crippen molar-refractivity contribution in [2.75, 3.05) is 52.4 Å². The van der Waals surface area contributed by atoms with Gasteiger partial charge >= 0.3 is 0 Å². The predicted molar refractivity (Wildman–Crippen MR) is 98.8 cm³/mol. The lowest BCUT2D eigenvalue weighted by Gasteiger charge is -2.35. The van der Waals surface area contributed by atoms with Crippen LogP contribution in [0.5, 0.6) is 0 Å². The molecule has 0 spiro atoms. The summed E-state index contributed by atoms with van der Waals surface area (Å²) >= 11 is 0. The van der Waals surface area contributed by atoms with Gasteiger partial charge in [-0.3, -0.25) is 14.6 Å². The highest BCUT2D eigenvalue weighted by atomic mass is 16.2. The van der Waals surface area contributed by atoms with Crippen LogP contribution in [-0.2, 0) is 4.79 Å². The molecule has 2 fully saturated rings. The molecular formula is C20H29N3O. The molecule has 0 aromatic heterocycles. The van der Waals surface area contributed by atoms with Gasteiger partial charge in [0.25, 0.3) is 0 Å². The first kappa shape index (κ1) is 17.2. The molecule has 0 bridgehead atoms. The molecule has 0 atom stereocenters. The predicted octanol–water partition coefficient (Wildman–Crippen LogP) is 2.33. The average Bonchev–Trinajstić information content (AvgIpc) is 2.65. The zero-order valence-corrected chi connectivity index (χ0v) is 14.6. The van der Waals surface area contributed by atoms with Gasteiger partial charge in [-0.05, 0) is 24.8 Å². The number of carbonyl (C=O) groups is 1. The molecule has 4 nitrogen and oxygen atoms in total. The molecular weight excluding hydrogens is 298 g/mol. The minimum Gasteiger partial charge on any atom is -0.342 e. The molecule has 0 N–H and O–H groups in total. The number of benzene rings is 1. The Morgan fingerprint density at radius 2 is 1.54 bits per heavy atom. The molecule has 2 aliphatic heterocycles. The van der Waals surface area contributed by atoms with Gasteiger partial charge in [0.05, 0.1) is 6.54 Å². The van der Waals surface area contributed by atoms with E-state index in [0.717, 1.165) is 45.8 Å². The van der Waals surface area contributed by atoms with Gasteiger partial charge in [-0.25, -0.2) is 0 Å². The maximum Gasteiger partial charge on any atom is 0.236 e. The Labute approximate surface area is 145 Å². The summed E-state index contributed by atoms with van der Waals surface area (Å²) in [5.74, 6) is 0.326. The van der Waals surface area contributed by atoms with Gasteiger partial charge < -0.3 is 4.90 Å². The number of piperazine rings is 1. The monoisotopic (exact) mass is 327 g/mol. The quantitative estimate of drug-likeness (QED) is 0.830. The first-order valence-corrected chi connectivity index (χ1v) is 9.25. The van der Waals surface area contributed by atoms with Gasteiger partial charge in [-0.15, -0.1) is 0 Å². The molecule has 3 rings (SSSR count). The number of piperidine rings is 1. The van der Waals surface area contributed by atoms with Crippen molar-refractivity contribution in [3.63, 3.8) is 0 Å². The lowest BCUT2D eigenvalue weighted by Crippen LogP contribution is -2.50. The largest absolute Gasteiger partial charge is 0.342 e. The number of hydrogen-bond donors (Lipinski definition) is 0. The molecule has 1 aromatic rings. The van der Waals surface area contributed by atoms with E-state index in [1.54, 1.807) is 0 Å². The fourth-order valence-corrected chi connectivity index (χ4v) is 3.47. The van der Waals surface area contributed by atoms with Gasteiger partial charge in [0.15, 0.2) is 0 Å². The second kappa shape index (κ2) is 9.00. The van der Waals surface area contributed by atoms with E-state index < -0.39 is 0 Å². The Kier molecular flexibility index (Phi) is 6.44. The summed E-state index contributed by atoms with van der Waals surface area (Å²) in [5, 5.41) is 0. The minimum atomic E-state index is 0.326. The Bertz CT molecular complexity index is 529. The number of hydrogen-bond acceptors (Lipinski definition) is 3. The molecule has 0 saturated carbocycles. The van der Waals surface area contributed by atoms with Gasteiger partial charge in [0, 0.05) is 45.8 Å². The first-order valence-electron chi connectivity index (χ1n) is 9.25. The molecule has 130 valence electrons. The standard InChI is InChI=1S/C20H29N3O/c24-20(23-12-5-2-6-13-23)18-22-16-14-21(15-17-22)11-7-10-19-8-3-1-4-9-19/h1,3-4,7-10H,2,5-6,11-18H2/b10-7+. The smallest absolute Gasteiger partial charge is 0.236 e. The summed E-state index contributed by atoms with van der Waals surface area (Å²) in [7, 11) is 0. The maximum absolute atomic E-state index is 12.3. The first-order chi connectivity index (χ1) is 11.8. The summed E-state index contributed by atoms with van der Waals surface area (Å²) in [5.41, 5.74) is 1.25. The molecule has 2 heterocycles. The van der Waals surface area contributed by atoms with Crippen LogP contribution < -0.4 is 0 Å². The number of likely N-dealkylation sites (tertiary alicyclic amines) is 1. The van der Waals surface area contributed by atoms with Crippen molar-refractivity contribution in [1.82, 2.24) is 14.7 Å². The van der Waals surface area contributed by atoms with Crippen molar-refractivity contribution in [3.05, 3.63) is 42.0 Å². The SMILES string of the molecule is O=C(CN1CCN(C/C=C/c2ccccc2)CC1)N1CCCCC1. The Balaban J connectivity index is 1.36. The van der Waals surface area contributed by atoms with E-state index in [1.807, 2.05) is 6.07 Å². The van der Waals surface area contributed by atoms with Crippen LogP contribution in [0.3, 0.4) is 0 Å². The normalized spacial score (nSPS) is 20.6. The Morgan fingerprint density at radius 1 is 0.875 bits per heavy atom. The van der Waals surface area contributed by atoms with Crippen LogP contribution in [0.25, 0.3) is 6.08 Å². The molecule has 2 saturated heterocycles. The summed E-state index contributed by atoms with van der Waals surface area (Å²) in [6, 6.07) is 10.4. The molecule has 2 aliphatic rings. The zero-order chi connectivity index (χ0) is 16.6. The molecule has 0 aliphatic carbocycles. The van der Waals surface area contributed by atoms with E-state index in [0.29, 0.717) is 12.5 Å². The van der Waals surface area contributed by atoms with Crippen LogP contribution in [0, 0.1) is 0 Å². The van der Waals surface area contributed by atoms with E-state index >= 15 is 0 Å². The molecule has 0 unspecified atom stereocenters. The third-order valence-corrected chi connectivity index (χ3v) is 5.01. The number of amides is 1. The van der Waals surface area contributed by atoms with Crippen molar-refractivity contribution in [2.45, 2.75) is 19.3 Å². The van der Waals surface area contributed by atoms with Crippen LogP contribution in [0.15, 0.2) is 36.4 Å². The van der Waals surface area contributed by atoms with Gasteiger partial charge in [-0.2, -0.15) is 0 Å². The van der Waals surface area contributed by atoms with Crippen LogP contribution in [0.4, 0.5) is 0 Å². The van der Waals surface area contributed by atoms with Crippen LogP contribution in [0.2, 0.25) is 0 Å². The maximum atomic E-state index is 12.3. The Hall–Kier alpha value is -1.65. The van der Waals surface area contributed by atoms with E-state index in [2.05, 4.69) is 51.1 Å². The second-order valence-electron chi connectivity index (χ2n) is 6.83. The molecule has 4 heteroatoms. The van der Waals surface area contributed by atoms with Crippen molar-refractivity contribution >= 4 is 12.0 Å². The highest BCUT2D eigenvalue weighted by molar-refractivity contribution is 5.78.